The van der Waals surface area contributed by atoms with Crippen molar-refractivity contribution < 1.29 is 17.6 Å². The van der Waals surface area contributed by atoms with Gasteiger partial charge in [-0.1, -0.05) is 23.8 Å². The van der Waals surface area contributed by atoms with E-state index < -0.39 is 21.7 Å². The van der Waals surface area contributed by atoms with Gasteiger partial charge in [0.05, 0.1) is 11.4 Å². The van der Waals surface area contributed by atoms with Crippen molar-refractivity contribution in [3.8, 4) is 0 Å². The van der Waals surface area contributed by atoms with Gasteiger partial charge in [-0.3, -0.25) is 4.79 Å². The van der Waals surface area contributed by atoms with Crippen LogP contribution < -0.4 is 5.32 Å². The largest absolute Gasteiger partial charge is 0.325 e. The molecule has 0 heterocycles. The van der Waals surface area contributed by atoms with Crippen LogP contribution >= 0.6 is 0 Å². The number of anilines is 1. The number of carbonyl (C=O) groups is 1. The van der Waals surface area contributed by atoms with E-state index in [4.69, 9.17) is 0 Å². The second-order valence-electron chi connectivity index (χ2n) is 5.59. The van der Waals surface area contributed by atoms with Crippen molar-refractivity contribution in [3.63, 3.8) is 0 Å². The van der Waals surface area contributed by atoms with Crippen LogP contribution in [0.4, 0.5) is 10.1 Å². The summed E-state index contributed by atoms with van der Waals surface area (Å²) < 4.78 is 39.3. The minimum absolute atomic E-state index is 0.161. The zero-order valence-corrected chi connectivity index (χ0v) is 14.5. The van der Waals surface area contributed by atoms with Gasteiger partial charge in [-0.25, -0.2) is 12.8 Å². The van der Waals surface area contributed by atoms with Gasteiger partial charge in [-0.15, -0.1) is 0 Å². The maximum Gasteiger partial charge on any atom is 0.243 e. The number of nitrogens with zero attached hydrogens (tertiary/aromatic N) is 1. The fourth-order valence-electron chi connectivity index (χ4n) is 2.31. The van der Waals surface area contributed by atoms with E-state index in [-0.39, 0.29) is 17.1 Å². The first kappa shape index (κ1) is 18.1. The van der Waals surface area contributed by atoms with Crippen LogP contribution in [-0.4, -0.2) is 32.2 Å². The van der Waals surface area contributed by atoms with Crippen LogP contribution in [0.25, 0.3) is 0 Å². The van der Waals surface area contributed by atoms with E-state index in [0.717, 1.165) is 15.9 Å². The van der Waals surface area contributed by atoms with Gasteiger partial charge in [0, 0.05) is 12.7 Å². The average Bonchev–Trinajstić information content (AvgIpc) is 2.46. The van der Waals surface area contributed by atoms with Crippen LogP contribution in [0.3, 0.4) is 0 Å². The van der Waals surface area contributed by atoms with Crippen molar-refractivity contribution in [3.05, 3.63) is 59.4 Å². The molecule has 0 spiro atoms. The third-order valence-electron chi connectivity index (χ3n) is 3.49. The Morgan fingerprint density at radius 1 is 1.17 bits per heavy atom. The van der Waals surface area contributed by atoms with Crippen molar-refractivity contribution in [2.45, 2.75) is 18.7 Å². The predicted octanol–water partition coefficient (Wildman–Crippen LogP) is 2.70. The molecule has 0 fully saturated rings. The van der Waals surface area contributed by atoms with E-state index in [9.17, 15) is 17.6 Å². The molecule has 0 unspecified atom stereocenters. The normalized spacial score (nSPS) is 11.5. The first-order chi connectivity index (χ1) is 11.2. The quantitative estimate of drug-likeness (QED) is 0.902. The van der Waals surface area contributed by atoms with E-state index in [0.29, 0.717) is 5.56 Å². The Kier molecular flexibility index (Phi) is 5.36. The van der Waals surface area contributed by atoms with Crippen LogP contribution in [0, 0.1) is 19.7 Å². The van der Waals surface area contributed by atoms with Gasteiger partial charge < -0.3 is 5.32 Å². The maximum atomic E-state index is 13.1. The molecule has 0 saturated heterocycles. The average molecular weight is 350 g/mol. The van der Waals surface area contributed by atoms with E-state index in [1.807, 2.05) is 6.92 Å². The monoisotopic (exact) mass is 350 g/mol. The lowest BCUT2D eigenvalue weighted by atomic mass is 10.2. The summed E-state index contributed by atoms with van der Waals surface area (Å²) in [6.07, 6.45) is 0. The minimum Gasteiger partial charge on any atom is -0.325 e. The first-order valence-electron chi connectivity index (χ1n) is 7.29. The topological polar surface area (TPSA) is 66.5 Å². The maximum absolute atomic E-state index is 13.1. The number of hydrogen-bond donors (Lipinski definition) is 1. The number of amides is 1. The highest BCUT2D eigenvalue weighted by Crippen LogP contribution is 2.20. The Hall–Kier alpha value is -2.25. The highest BCUT2D eigenvalue weighted by Gasteiger charge is 2.24. The Labute approximate surface area is 141 Å². The molecule has 1 N–H and O–H groups in total. The summed E-state index contributed by atoms with van der Waals surface area (Å²) >= 11 is 0. The van der Waals surface area contributed by atoms with Gasteiger partial charge in [0.1, 0.15) is 5.82 Å². The summed E-state index contributed by atoms with van der Waals surface area (Å²) in [6.45, 7) is 3.21. The lowest BCUT2D eigenvalue weighted by Crippen LogP contribution is -2.35. The first-order valence-corrected chi connectivity index (χ1v) is 8.73. The number of sulfonamides is 1. The number of hydrogen-bond acceptors (Lipinski definition) is 3. The SMILES string of the molecule is Cc1ccc(S(=O)(=O)N(C)CC(=O)Nc2cccc(F)c2)c(C)c1. The molecule has 2 rings (SSSR count). The van der Waals surface area contributed by atoms with E-state index in [1.54, 1.807) is 19.1 Å². The van der Waals surface area contributed by atoms with Crippen molar-refractivity contribution in [1.82, 2.24) is 4.31 Å². The molecule has 2 aromatic carbocycles. The molecule has 0 aliphatic heterocycles. The number of rotatable bonds is 5. The minimum atomic E-state index is -3.78. The summed E-state index contributed by atoms with van der Waals surface area (Å²) in [5, 5.41) is 2.48. The number of halogens is 1. The summed E-state index contributed by atoms with van der Waals surface area (Å²) in [5.74, 6) is -1.03. The predicted molar refractivity (Wildman–Crippen MR) is 90.8 cm³/mol. The Bertz CT molecular complexity index is 866. The van der Waals surface area contributed by atoms with Gasteiger partial charge in [0.25, 0.3) is 0 Å². The number of benzene rings is 2. The molecule has 0 saturated carbocycles. The molecule has 0 atom stereocenters. The second kappa shape index (κ2) is 7.11. The molecular formula is C17H19FN2O3S. The Morgan fingerprint density at radius 3 is 2.50 bits per heavy atom. The van der Waals surface area contributed by atoms with Crippen LogP contribution in [0.15, 0.2) is 47.4 Å². The summed E-state index contributed by atoms with van der Waals surface area (Å²) in [7, 11) is -2.45. The third kappa shape index (κ3) is 4.18. The van der Waals surface area contributed by atoms with Gasteiger partial charge in [-0.2, -0.15) is 4.31 Å². The van der Waals surface area contributed by atoms with Crippen molar-refractivity contribution >= 4 is 21.6 Å². The zero-order chi connectivity index (χ0) is 17.9. The standard InChI is InChI=1S/C17H19FN2O3S/c1-12-7-8-16(13(2)9-12)24(22,23)20(3)11-17(21)19-15-6-4-5-14(18)10-15/h4-10H,11H2,1-3H3,(H,19,21). The number of likely N-dealkylation sites (N-methyl/N-ethyl adjacent to an activating group) is 1. The molecule has 128 valence electrons. The van der Waals surface area contributed by atoms with E-state index in [2.05, 4.69) is 5.32 Å². The fourth-order valence-corrected chi connectivity index (χ4v) is 3.64. The van der Waals surface area contributed by atoms with Crippen LogP contribution in [0.5, 0.6) is 0 Å². The highest BCUT2D eigenvalue weighted by molar-refractivity contribution is 7.89. The molecule has 0 aliphatic rings. The smallest absolute Gasteiger partial charge is 0.243 e. The zero-order valence-electron chi connectivity index (χ0n) is 13.7. The third-order valence-corrected chi connectivity index (χ3v) is 5.46. The molecule has 2 aromatic rings. The van der Waals surface area contributed by atoms with Crippen LogP contribution in [0.2, 0.25) is 0 Å². The Balaban J connectivity index is 2.12. The molecular weight excluding hydrogens is 331 g/mol. The number of aryl methyl sites for hydroxylation is 2. The van der Waals surface area contributed by atoms with Gasteiger partial charge in [-0.05, 0) is 43.7 Å². The van der Waals surface area contributed by atoms with Crippen molar-refractivity contribution in [1.29, 1.82) is 0 Å². The van der Waals surface area contributed by atoms with Crippen LogP contribution in [-0.2, 0) is 14.8 Å². The summed E-state index contributed by atoms with van der Waals surface area (Å²) in [5.41, 5.74) is 1.85. The summed E-state index contributed by atoms with van der Waals surface area (Å²) in [6, 6.07) is 10.4. The molecule has 24 heavy (non-hydrogen) atoms. The fraction of sp³-hybridized carbons (Fsp3) is 0.235. The molecule has 0 aliphatic carbocycles. The Morgan fingerprint density at radius 2 is 1.88 bits per heavy atom. The molecule has 0 radical (unpaired) electrons. The van der Waals surface area contributed by atoms with Crippen molar-refractivity contribution in [2.24, 2.45) is 0 Å². The van der Waals surface area contributed by atoms with Gasteiger partial charge in [0.15, 0.2) is 0 Å². The second-order valence-corrected chi connectivity index (χ2v) is 7.60. The highest BCUT2D eigenvalue weighted by atomic mass is 32.2. The molecule has 0 bridgehead atoms. The number of carbonyl (C=O) groups excluding carboxylic acids is 1. The molecule has 7 heteroatoms. The lowest BCUT2D eigenvalue weighted by Gasteiger charge is -2.18. The lowest BCUT2D eigenvalue weighted by molar-refractivity contribution is -0.116. The van der Waals surface area contributed by atoms with Crippen molar-refractivity contribution in [2.75, 3.05) is 18.9 Å². The van der Waals surface area contributed by atoms with E-state index >= 15 is 0 Å². The van der Waals surface area contributed by atoms with E-state index in [1.165, 1.54) is 31.3 Å². The van der Waals surface area contributed by atoms with Gasteiger partial charge >= 0.3 is 0 Å². The molecule has 1 amide bonds. The molecule has 0 aromatic heterocycles. The molecule has 5 nitrogen and oxygen atoms in total. The van der Waals surface area contributed by atoms with Gasteiger partial charge in [0.2, 0.25) is 15.9 Å². The van der Waals surface area contributed by atoms with Crippen LogP contribution in [0.1, 0.15) is 11.1 Å². The summed E-state index contributed by atoms with van der Waals surface area (Å²) in [4.78, 5) is 12.2. The number of nitrogens with one attached hydrogen (secondary N) is 1.